The van der Waals surface area contributed by atoms with Crippen LogP contribution in [0.3, 0.4) is 0 Å². The van der Waals surface area contributed by atoms with Crippen LogP contribution in [0.2, 0.25) is 0 Å². The van der Waals surface area contributed by atoms with Crippen molar-refractivity contribution in [2.24, 2.45) is 0 Å². The molecule has 0 atom stereocenters. The van der Waals surface area contributed by atoms with Crippen LogP contribution in [0.5, 0.6) is 0 Å². The first-order chi connectivity index (χ1) is 15.8. The van der Waals surface area contributed by atoms with Gasteiger partial charge in [-0.3, -0.25) is 19.1 Å². The molecule has 4 aromatic rings. The van der Waals surface area contributed by atoms with Crippen LogP contribution in [-0.4, -0.2) is 33.0 Å². The highest BCUT2D eigenvalue weighted by Gasteiger charge is 2.24. The Morgan fingerprint density at radius 2 is 2.06 bits per heavy atom. The molecule has 0 N–H and O–H groups in total. The Morgan fingerprint density at radius 3 is 2.76 bits per heavy atom. The van der Waals surface area contributed by atoms with Crippen molar-refractivity contribution in [1.82, 2.24) is 14.5 Å². The number of hydrogen-bond donors (Lipinski definition) is 0. The van der Waals surface area contributed by atoms with E-state index in [0.29, 0.717) is 10.8 Å². The molecule has 0 unspecified atom stereocenters. The van der Waals surface area contributed by atoms with Gasteiger partial charge in [0.15, 0.2) is 5.13 Å². The molecule has 33 heavy (non-hydrogen) atoms. The van der Waals surface area contributed by atoms with E-state index in [1.165, 1.54) is 34.1 Å². The highest BCUT2D eigenvalue weighted by molar-refractivity contribution is 7.14. The first kappa shape index (κ1) is 22.4. The van der Waals surface area contributed by atoms with E-state index >= 15 is 0 Å². The summed E-state index contributed by atoms with van der Waals surface area (Å²) in [5.74, 6) is -0.525. The molecule has 170 valence electrons. The molecule has 0 aliphatic heterocycles. The maximum atomic E-state index is 13.1. The van der Waals surface area contributed by atoms with E-state index in [9.17, 15) is 14.4 Å². The Balaban J connectivity index is 1.69. The summed E-state index contributed by atoms with van der Waals surface area (Å²) in [4.78, 5) is 48.1. The van der Waals surface area contributed by atoms with Crippen LogP contribution in [0.25, 0.3) is 11.1 Å². The van der Waals surface area contributed by atoms with E-state index in [1.807, 2.05) is 31.2 Å². The summed E-state index contributed by atoms with van der Waals surface area (Å²) in [6.45, 7) is 6.99. The smallest absolute Gasteiger partial charge is 0.342 e. The molecule has 1 amide bonds. The third kappa shape index (κ3) is 4.29. The van der Waals surface area contributed by atoms with Crippen molar-refractivity contribution in [2.75, 3.05) is 11.5 Å². The van der Waals surface area contributed by atoms with Gasteiger partial charge < -0.3 is 9.15 Å². The quantitative estimate of drug-likeness (QED) is 0.396. The fourth-order valence-electron chi connectivity index (χ4n) is 3.54. The maximum Gasteiger partial charge on any atom is 0.342 e. The number of benzene rings is 1. The van der Waals surface area contributed by atoms with Gasteiger partial charge in [-0.15, -0.1) is 11.3 Å². The highest BCUT2D eigenvalue weighted by atomic mass is 32.1. The second-order valence-electron chi connectivity index (χ2n) is 7.43. The van der Waals surface area contributed by atoms with Crippen molar-refractivity contribution >= 4 is 45.1 Å². The number of anilines is 2. The van der Waals surface area contributed by atoms with Crippen LogP contribution in [0.4, 0.5) is 10.8 Å². The number of nitrogens with zero attached hydrogens (tertiary/aromatic N) is 4. The molecule has 0 radical (unpaired) electrons. The number of amides is 1. The molecule has 10 heteroatoms. The van der Waals surface area contributed by atoms with Crippen molar-refractivity contribution in [3.05, 3.63) is 68.9 Å². The molecule has 3 aromatic heterocycles. The van der Waals surface area contributed by atoms with E-state index in [4.69, 9.17) is 9.15 Å². The lowest BCUT2D eigenvalue weighted by atomic mass is 10.2. The number of carbonyl (C=O) groups is 2. The van der Waals surface area contributed by atoms with E-state index in [1.54, 1.807) is 19.2 Å². The number of fused-ring (bicyclic) bond motifs is 1. The zero-order valence-electron chi connectivity index (χ0n) is 18.6. The molecule has 0 saturated carbocycles. The van der Waals surface area contributed by atoms with Gasteiger partial charge in [0.05, 0.1) is 24.5 Å². The van der Waals surface area contributed by atoms with E-state index in [2.05, 4.69) is 9.97 Å². The summed E-state index contributed by atoms with van der Waals surface area (Å²) in [7, 11) is 0. The largest absolute Gasteiger partial charge is 0.462 e. The molecule has 3 heterocycles. The molecule has 1 aromatic carbocycles. The molecular formula is C23H22N4O5S. The average molecular weight is 467 g/mol. The molecule has 0 saturated heterocycles. The molecule has 0 aliphatic rings. The Kier molecular flexibility index (Phi) is 6.10. The Morgan fingerprint density at radius 1 is 1.27 bits per heavy atom. The predicted molar refractivity (Wildman–Crippen MR) is 124 cm³/mol. The number of hydrogen-bond acceptors (Lipinski definition) is 8. The first-order valence-electron chi connectivity index (χ1n) is 10.3. The molecular weight excluding hydrogens is 444 g/mol. The van der Waals surface area contributed by atoms with Crippen molar-refractivity contribution < 1.29 is 18.7 Å². The number of thiazole rings is 1. The van der Waals surface area contributed by atoms with Gasteiger partial charge in [0.1, 0.15) is 23.0 Å². The molecule has 4 rings (SSSR count). The summed E-state index contributed by atoms with van der Waals surface area (Å²) in [6.07, 6.45) is 1.35. The molecule has 0 spiro atoms. The number of ether oxygens (including phenoxy) is 1. The monoisotopic (exact) mass is 466 g/mol. The number of aryl methyl sites for hydroxylation is 2. The summed E-state index contributed by atoms with van der Waals surface area (Å²) in [6, 6.07) is 7.58. The van der Waals surface area contributed by atoms with Gasteiger partial charge in [-0.25, -0.2) is 14.8 Å². The van der Waals surface area contributed by atoms with Gasteiger partial charge in [0, 0.05) is 12.3 Å². The summed E-state index contributed by atoms with van der Waals surface area (Å²) in [5, 5.41) is 2.36. The number of carbonyl (C=O) groups excluding carboxylic acids is 2. The van der Waals surface area contributed by atoms with E-state index in [0.717, 1.165) is 11.3 Å². The van der Waals surface area contributed by atoms with Crippen LogP contribution in [0.15, 0.2) is 45.2 Å². The maximum absolute atomic E-state index is 13.1. The topological polar surface area (TPSA) is 108 Å². The minimum absolute atomic E-state index is 0.0778. The van der Waals surface area contributed by atoms with Crippen LogP contribution in [-0.2, 0) is 16.1 Å². The lowest BCUT2D eigenvalue weighted by Crippen LogP contribution is -2.24. The predicted octanol–water partition coefficient (Wildman–Crippen LogP) is 3.97. The van der Waals surface area contributed by atoms with Crippen molar-refractivity contribution in [3.8, 4) is 0 Å². The minimum atomic E-state index is -0.628. The van der Waals surface area contributed by atoms with Crippen molar-refractivity contribution in [3.63, 3.8) is 0 Å². The Labute approximate surface area is 193 Å². The number of aromatic nitrogens is 3. The van der Waals surface area contributed by atoms with Gasteiger partial charge in [0.25, 0.3) is 5.56 Å². The van der Waals surface area contributed by atoms with Gasteiger partial charge in [-0.05, 0) is 38.5 Å². The summed E-state index contributed by atoms with van der Waals surface area (Å²) < 4.78 is 11.9. The molecule has 9 nitrogen and oxygen atoms in total. The number of rotatable bonds is 6. The summed E-state index contributed by atoms with van der Waals surface area (Å²) >= 11 is 1.30. The third-order valence-electron chi connectivity index (χ3n) is 4.97. The molecule has 0 fully saturated rings. The minimum Gasteiger partial charge on any atom is -0.462 e. The third-order valence-corrected chi connectivity index (χ3v) is 5.85. The second kappa shape index (κ2) is 8.99. The van der Waals surface area contributed by atoms with Crippen LogP contribution < -0.4 is 10.5 Å². The van der Waals surface area contributed by atoms with E-state index in [-0.39, 0.29) is 41.5 Å². The van der Waals surface area contributed by atoms with Crippen LogP contribution in [0, 0.1) is 13.8 Å². The SMILES string of the molecule is CCOC(=O)c1c(C)oc2ncn(Cc3csc(N(C(C)=O)c4cccc(C)c4)n3)c(=O)c12. The Bertz CT molecular complexity index is 1420. The van der Waals surface area contributed by atoms with Gasteiger partial charge in [0.2, 0.25) is 11.6 Å². The van der Waals surface area contributed by atoms with Crippen LogP contribution in [0.1, 0.15) is 41.2 Å². The van der Waals surface area contributed by atoms with Gasteiger partial charge in [-0.2, -0.15) is 0 Å². The second-order valence-corrected chi connectivity index (χ2v) is 8.26. The Hall–Kier alpha value is -3.79. The fraction of sp³-hybridized carbons (Fsp3) is 0.261. The van der Waals surface area contributed by atoms with Crippen LogP contribution >= 0.6 is 11.3 Å². The average Bonchev–Trinajstić information content (AvgIpc) is 3.34. The first-order valence-corrected chi connectivity index (χ1v) is 11.2. The zero-order chi connectivity index (χ0) is 23.7. The normalized spacial score (nSPS) is 11.0. The lowest BCUT2D eigenvalue weighted by Gasteiger charge is -2.18. The van der Waals surface area contributed by atoms with Gasteiger partial charge >= 0.3 is 5.97 Å². The number of esters is 1. The van der Waals surface area contributed by atoms with Crippen molar-refractivity contribution in [1.29, 1.82) is 0 Å². The number of furan rings is 1. The van der Waals surface area contributed by atoms with Crippen molar-refractivity contribution in [2.45, 2.75) is 34.2 Å². The zero-order valence-corrected chi connectivity index (χ0v) is 19.4. The molecule has 0 bridgehead atoms. The van der Waals surface area contributed by atoms with Gasteiger partial charge in [-0.1, -0.05) is 12.1 Å². The molecule has 0 aliphatic carbocycles. The summed E-state index contributed by atoms with van der Waals surface area (Å²) in [5.41, 5.74) is 2.05. The standard InChI is InChI=1S/C23H22N4O5S/c1-5-31-22(30)18-14(3)32-20-19(18)21(29)26(12-24-20)10-16-11-33-23(25-16)27(15(4)28)17-8-6-7-13(2)9-17/h6-9,11-12H,5,10H2,1-4H3. The van der Waals surface area contributed by atoms with E-state index < -0.39 is 11.5 Å². The lowest BCUT2D eigenvalue weighted by molar-refractivity contribution is -0.115. The fourth-order valence-corrected chi connectivity index (χ4v) is 4.42. The highest BCUT2D eigenvalue weighted by Crippen LogP contribution is 2.29.